The highest BCUT2D eigenvalue weighted by Gasteiger charge is 2.30. The van der Waals surface area contributed by atoms with Gasteiger partial charge in [-0.25, -0.2) is 8.42 Å². The van der Waals surface area contributed by atoms with Crippen molar-refractivity contribution in [2.24, 2.45) is 0 Å². The molecule has 0 saturated carbocycles. The number of sulfonamides is 1. The van der Waals surface area contributed by atoms with Crippen molar-refractivity contribution in [1.29, 1.82) is 0 Å². The van der Waals surface area contributed by atoms with Gasteiger partial charge in [0.1, 0.15) is 0 Å². The number of rotatable bonds is 4. The molecule has 1 unspecified atom stereocenters. The molecule has 1 heterocycles. The van der Waals surface area contributed by atoms with E-state index in [9.17, 15) is 13.2 Å². The highest BCUT2D eigenvalue weighted by atomic mass is 32.2. The van der Waals surface area contributed by atoms with Crippen molar-refractivity contribution >= 4 is 21.6 Å². The molecule has 0 aliphatic carbocycles. The van der Waals surface area contributed by atoms with Gasteiger partial charge in [-0.15, -0.1) is 0 Å². The van der Waals surface area contributed by atoms with Crippen LogP contribution in [0.4, 0.5) is 5.69 Å². The van der Waals surface area contributed by atoms with Crippen molar-refractivity contribution in [1.82, 2.24) is 5.32 Å². The summed E-state index contributed by atoms with van der Waals surface area (Å²) in [7, 11) is -3.32. The highest BCUT2D eigenvalue weighted by Crippen LogP contribution is 2.34. The van der Waals surface area contributed by atoms with E-state index in [1.807, 2.05) is 48.5 Å². The van der Waals surface area contributed by atoms with Gasteiger partial charge in [-0.3, -0.25) is 9.10 Å². The average Bonchev–Trinajstić information content (AvgIpc) is 2.55. The third-order valence-electron chi connectivity index (χ3n) is 4.14. The first kappa shape index (κ1) is 16.5. The van der Waals surface area contributed by atoms with Gasteiger partial charge in [0.15, 0.2) is 0 Å². The van der Waals surface area contributed by atoms with Gasteiger partial charge in [-0.05, 0) is 23.6 Å². The summed E-state index contributed by atoms with van der Waals surface area (Å²) < 4.78 is 25.3. The summed E-state index contributed by atoms with van der Waals surface area (Å²) in [5.74, 6) is -0.0613. The van der Waals surface area contributed by atoms with Crippen LogP contribution in [0.1, 0.15) is 23.6 Å². The normalized spacial score (nSPS) is 17.2. The lowest BCUT2D eigenvalue weighted by Crippen LogP contribution is -2.40. The maximum atomic E-state index is 12.3. The Labute approximate surface area is 142 Å². The van der Waals surface area contributed by atoms with Crippen LogP contribution in [0.3, 0.4) is 0 Å². The largest absolute Gasteiger partial charge is 0.349 e. The molecular formula is C18H20N2O3S. The Hall–Kier alpha value is -2.34. The first-order valence-corrected chi connectivity index (χ1v) is 9.70. The van der Waals surface area contributed by atoms with E-state index < -0.39 is 10.0 Å². The Morgan fingerprint density at radius 2 is 1.79 bits per heavy atom. The number of nitrogens with zero attached hydrogens (tertiary/aromatic N) is 1. The van der Waals surface area contributed by atoms with E-state index in [0.29, 0.717) is 25.1 Å². The molecule has 2 aromatic rings. The number of amides is 1. The molecule has 0 aromatic heterocycles. The number of anilines is 1. The van der Waals surface area contributed by atoms with Crippen molar-refractivity contribution < 1.29 is 13.2 Å². The number of carbonyl (C=O) groups is 1. The fourth-order valence-corrected chi connectivity index (χ4v) is 4.01. The van der Waals surface area contributed by atoms with Crippen molar-refractivity contribution in [3.63, 3.8) is 0 Å². The molecule has 6 heteroatoms. The predicted molar refractivity (Wildman–Crippen MR) is 94.3 cm³/mol. The molecule has 0 saturated heterocycles. The third kappa shape index (κ3) is 3.59. The lowest BCUT2D eigenvalue weighted by atomic mass is 9.97. The van der Waals surface area contributed by atoms with Crippen molar-refractivity contribution in [2.45, 2.75) is 18.9 Å². The molecule has 1 N–H and O–H groups in total. The first-order chi connectivity index (χ1) is 11.4. The third-order valence-corrected chi connectivity index (χ3v) is 5.32. The second-order valence-electron chi connectivity index (χ2n) is 5.97. The van der Waals surface area contributed by atoms with Crippen molar-refractivity contribution in [2.75, 3.05) is 17.1 Å². The van der Waals surface area contributed by atoms with Crippen LogP contribution in [-0.4, -0.2) is 27.1 Å². The van der Waals surface area contributed by atoms with Gasteiger partial charge in [0.2, 0.25) is 15.9 Å². The van der Waals surface area contributed by atoms with Gasteiger partial charge in [0, 0.05) is 6.54 Å². The van der Waals surface area contributed by atoms with Crippen LogP contribution in [0.15, 0.2) is 54.6 Å². The van der Waals surface area contributed by atoms with Crippen LogP contribution < -0.4 is 9.62 Å². The molecule has 0 spiro atoms. The standard InChI is InChI=1S/C18H20N2O3S/c1-24(22,23)20-12-11-16(15-9-5-6-10-17(15)20)19-18(21)13-14-7-3-2-4-8-14/h2-10,16H,11-13H2,1H3,(H,19,21). The summed E-state index contributed by atoms with van der Waals surface area (Å²) in [6.07, 6.45) is 2.08. The Morgan fingerprint density at radius 3 is 2.50 bits per heavy atom. The SMILES string of the molecule is CS(=O)(=O)N1CCC(NC(=O)Cc2ccccc2)c2ccccc21. The summed E-state index contributed by atoms with van der Waals surface area (Å²) in [6, 6.07) is 16.7. The molecule has 0 fully saturated rings. The number of benzene rings is 2. The summed E-state index contributed by atoms with van der Waals surface area (Å²) in [5, 5.41) is 3.04. The Kier molecular flexibility index (Phi) is 4.57. The van der Waals surface area contributed by atoms with Crippen LogP contribution in [-0.2, 0) is 21.2 Å². The lowest BCUT2D eigenvalue weighted by molar-refractivity contribution is -0.121. The first-order valence-electron chi connectivity index (χ1n) is 7.85. The molecule has 0 bridgehead atoms. The average molecular weight is 344 g/mol. The Bertz CT molecular complexity index is 834. The van der Waals surface area contributed by atoms with E-state index in [4.69, 9.17) is 0 Å². The zero-order valence-electron chi connectivity index (χ0n) is 13.5. The van der Waals surface area contributed by atoms with Crippen LogP contribution in [0.25, 0.3) is 0 Å². The van der Waals surface area contributed by atoms with Crippen LogP contribution in [0.5, 0.6) is 0 Å². The number of hydrogen-bond donors (Lipinski definition) is 1. The minimum Gasteiger partial charge on any atom is -0.349 e. The van der Waals surface area contributed by atoms with Gasteiger partial charge in [0.05, 0.1) is 24.4 Å². The number of carbonyl (C=O) groups excluding carboxylic acids is 1. The van der Waals surface area contributed by atoms with Crippen molar-refractivity contribution in [3.8, 4) is 0 Å². The van der Waals surface area contributed by atoms with Crippen LogP contribution in [0, 0.1) is 0 Å². The highest BCUT2D eigenvalue weighted by molar-refractivity contribution is 7.92. The molecular weight excluding hydrogens is 324 g/mol. The van der Waals surface area contributed by atoms with Gasteiger partial charge in [0.25, 0.3) is 0 Å². The zero-order chi connectivity index (χ0) is 17.2. The molecule has 126 valence electrons. The lowest BCUT2D eigenvalue weighted by Gasteiger charge is -2.34. The Morgan fingerprint density at radius 1 is 1.12 bits per heavy atom. The molecule has 3 rings (SSSR count). The predicted octanol–water partition coefficient (Wildman–Crippen LogP) is 2.26. The molecule has 1 amide bonds. The fourth-order valence-electron chi connectivity index (χ4n) is 3.05. The Balaban J connectivity index is 1.79. The molecule has 0 radical (unpaired) electrons. The van der Waals surface area contributed by atoms with E-state index in [2.05, 4.69) is 5.32 Å². The van der Waals surface area contributed by atoms with E-state index >= 15 is 0 Å². The summed E-state index contributed by atoms with van der Waals surface area (Å²) >= 11 is 0. The smallest absolute Gasteiger partial charge is 0.232 e. The van der Waals surface area contributed by atoms with Gasteiger partial charge in [-0.1, -0.05) is 48.5 Å². The molecule has 24 heavy (non-hydrogen) atoms. The number of para-hydroxylation sites is 1. The maximum Gasteiger partial charge on any atom is 0.232 e. The summed E-state index contributed by atoms with van der Waals surface area (Å²) in [6.45, 7) is 0.367. The van der Waals surface area contributed by atoms with Crippen LogP contribution >= 0.6 is 0 Å². The molecule has 2 aromatic carbocycles. The van der Waals surface area contributed by atoms with Crippen LogP contribution in [0.2, 0.25) is 0 Å². The van der Waals surface area contributed by atoms with Gasteiger partial charge in [-0.2, -0.15) is 0 Å². The topological polar surface area (TPSA) is 66.5 Å². The molecule has 1 aliphatic rings. The molecule has 5 nitrogen and oxygen atoms in total. The summed E-state index contributed by atoms with van der Waals surface area (Å²) in [4.78, 5) is 12.3. The minimum atomic E-state index is -3.32. The number of hydrogen-bond acceptors (Lipinski definition) is 3. The van der Waals surface area contributed by atoms with Crippen molar-refractivity contribution in [3.05, 3.63) is 65.7 Å². The van der Waals surface area contributed by atoms with Gasteiger partial charge < -0.3 is 5.32 Å². The monoisotopic (exact) mass is 344 g/mol. The minimum absolute atomic E-state index is 0.0613. The van der Waals surface area contributed by atoms with E-state index in [1.165, 1.54) is 10.6 Å². The summed E-state index contributed by atoms with van der Waals surface area (Å²) in [5.41, 5.74) is 2.45. The van der Waals surface area contributed by atoms with E-state index in [-0.39, 0.29) is 11.9 Å². The fraction of sp³-hybridized carbons (Fsp3) is 0.278. The number of fused-ring (bicyclic) bond motifs is 1. The van der Waals surface area contributed by atoms with E-state index in [0.717, 1.165) is 11.1 Å². The molecule has 1 atom stereocenters. The quantitative estimate of drug-likeness (QED) is 0.925. The maximum absolute atomic E-state index is 12.3. The number of nitrogens with one attached hydrogen (secondary N) is 1. The van der Waals surface area contributed by atoms with Gasteiger partial charge >= 0.3 is 0 Å². The second-order valence-corrected chi connectivity index (χ2v) is 7.87. The van der Waals surface area contributed by atoms with E-state index in [1.54, 1.807) is 6.07 Å². The second kappa shape index (κ2) is 6.65. The zero-order valence-corrected chi connectivity index (χ0v) is 14.3. The molecule has 1 aliphatic heterocycles.